The molecule has 1 fully saturated rings. The van der Waals surface area contributed by atoms with Crippen LogP contribution in [0.2, 0.25) is 0 Å². The van der Waals surface area contributed by atoms with Gasteiger partial charge in [0.25, 0.3) is 0 Å². The number of likely N-dealkylation sites (tertiary alicyclic amines) is 1. The largest absolute Gasteiger partial charge is 0.508 e. The van der Waals surface area contributed by atoms with Crippen LogP contribution in [0, 0.1) is 12.8 Å². The Morgan fingerprint density at radius 2 is 2.22 bits per heavy atom. The Hall–Kier alpha value is -0.710. The topological polar surface area (TPSA) is 49.5 Å². The predicted octanol–water partition coefficient (Wildman–Crippen LogP) is 2.37. The highest BCUT2D eigenvalue weighted by Crippen LogP contribution is 2.40. The molecule has 1 heterocycles. The van der Waals surface area contributed by atoms with Crippen molar-refractivity contribution < 1.29 is 5.11 Å². The van der Waals surface area contributed by atoms with Crippen LogP contribution < -0.4 is 5.73 Å². The number of nitrogens with zero attached hydrogens (tertiary/aromatic N) is 1. The Morgan fingerprint density at radius 1 is 1.50 bits per heavy atom. The molecule has 0 amide bonds. The molecule has 3 nitrogen and oxygen atoms in total. The Balaban J connectivity index is 2.35. The summed E-state index contributed by atoms with van der Waals surface area (Å²) in [5.41, 5.74) is 7.96. The molecule has 18 heavy (non-hydrogen) atoms. The van der Waals surface area contributed by atoms with Gasteiger partial charge in [-0.25, -0.2) is 0 Å². The molecule has 0 radical (unpaired) electrons. The van der Waals surface area contributed by atoms with Crippen LogP contribution >= 0.6 is 11.8 Å². The van der Waals surface area contributed by atoms with E-state index in [2.05, 4.69) is 24.3 Å². The normalized spacial score (nSPS) is 24.7. The first-order chi connectivity index (χ1) is 8.56. The summed E-state index contributed by atoms with van der Waals surface area (Å²) in [4.78, 5) is 3.61. The fraction of sp³-hybridized carbons (Fsp3) is 0.571. The van der Waals surface area contributed by atoms with Gasteiger partial charge in [0.2, 0.25) is 0 Å². The van der Waals surface area contributed by atoms with E-state index in [4.69, 9.17) is 5.73 Å². The molecule has 2 atom stereocenters. The molecule has 3 N–H and O–H groups in total. The molecule has 2 rings (SSSR count). The number of phenolic OH excluding ortho intramolecular Hbond substituents is 1. The summed E-state index contributed by atoms with van der Waals surface area (Å²) in [6.07, 6.45) is 3.17. The molecule has 1 aliphatic rings. The smallest absolute Gasteiger partial charge is 0.118 e. The average Bonchev–Trinajstić information content (AvgIpc) is 2.73. The number of nitrogens with two attached hydrogens (primary N) is 1. The Morgan fingerprint density at radius 3 is 2.78 bits per heavy atom. The molecule has 0 aromatic heterocycles. The van der Waals surface area contributed by atoms with Gasteiger partial charge in [0, 0.05) is 17.5 Å². The quantitative estimate of drug-likeness (QED) is 0.825. The molecular formula is C14H22N2OS. The zero-order valence-corrected chi connectivity index (χ0v) is 12.1. The van der Waals surface area contributed by atoms with Gasteiger partial charge >= 0.3 is 0 Å². The van der Waals surface area contributed by atoms with Gasteiger partial charge in [-0.1, -0.05) is 0 Å². The highest BCUT2D eigenvalue weighted by molar-refractivity contribution is 7.98. The van der Waals surface area contributed by atoms with E-state index < -0.39 is 0 Å². The first-order valence-electron chi connectivity index (χ1n) is 6.34. The number of phenols is 1. The maximum atomic E-state index is 9.94. The number of hydrogen-bond acceptors (Lipinski definition) is 4. The zero-order chi connectivity index (χ0) is 13.3. The summed E-state index contributed by atoms with van der Waals surface area (Å²) >= 11 is 1.75. The summed E-state index contributed by atoms with van der Waals surface area (Å²) in [5, 5.41) is 9.94. The van der Waals surface area contributed by atoms with Crippen LogP contribution in [0.5, 0.6) is 5.75 Å². The fourth-order valence-corrected chi connectivity index (χ4v) is 3.49. The van der Waals surface area contributed by atoms with Crippen LogP contribution in [0.4, 0.5) is 0 Å². The summed E-state index contributed by atoms with van der Waals surface area (Å²) in [6.45, 7) is 3.73. The van der Waals surface area contributed by atoms with Crippen LogP contribution in [0.25, 0.3) is 0 Å². The second kappa shape index (κ2) is 5.51. The van der Waals surface area contributed by atoms with E-state index in [1.165, 1.54) is 10.5 Å². The summed E-state index contributed by atoms with van der Waals surface area (Å²) in [5.74, 6) is 0.963. The molecule has 0 bridgehead atoms. The molecule has 100 valence electrons. The minimum atomic E-state index is 0.382. The fourth-order valence-electron chi connectivity index (χ4n) is 2.76. The Kier molecular flexibility index (Phi) is 4.20. The van der Waals surface area contributed by atoms with Gasteiger partial charge in [-0.15, -0.1) is 11.8 Å². The van der Waals surface area contributed by atoms with Crippen LogP contribution in [0.15, 0.2) is 17.0 Å². The van der Waals surface area contributed by atoms with Gasteiger partial charge in [-0.2, -0.15) is 0 Å². The van der Waals surface area contributed by atoms with E-state index in [1.807, 2.05) is 13.0 Å². The number of thioether (sulfide) groups is 1. The third kappa shape index (κ3) is 2.51. The van der Waals surface area contributed by atoms with E-state index >= 15 is 0 Å². The minimum absolute atomic E-state index is 0.382. The van der Waals surface area contributed by atoms with Crippen LogP contribution in [-0.4, -0.2) is 36.4 Å². The van der Waals surface area contributed by atoms with E-state index in [0.29, 0.717) is 17.7 Å². The van der Waals surface area contributed by atoms with E-state index in [9.17, 15) is 5.11 Å². The monoisotopic (exact) mass is 266 g/mol. The molecule has 0 aliphatic carbocycles. The third-order valence-electron chi connectivity index (χ3n) is 3.88. The molecule has 0 saturated carbocycles. The molecule has 1 aromatic carbocycles. The SMILES string of the molecule is CSc1cc(C)c(O)cc1C1CC(CN)CN1C. The third-order valence-corrected chi connectivity index (χ3v) is 4.67. The van der Waals surface area contributed by atoms with Gasteiger partial charge in [-0.3, -0.25) is 4.90 Å². The van der Waals surface area contributed by atoms with E-state index in [1.54, 1.807) is 11.8 Å². The lowest BCUT2D eigenvalue weighted by atomic mass is 9.98. The number of benzene rings is 1. The van der Waals surface area contributed by atoms with Crippen molar-refractivity contribution in [3.63, 3.8) is 0 Å². The van der Waals surface area contributed by atoms with Gasteiger partial charge < -0.3 is 10.8 Å². The molecule has 1 aromatic rings. The van der Waals surface area contributed by atoms with Gasteiger partial charge in [0.1, 0.15) is 5.75 Å². The lowest BCUT2D eigenvalue weighted by molar-refractivity contribution is 0.309. The minimum Gasteiger partial charge on any atom is -0.508 e. The van der Waals surface area contributed by atoms with Gasteiger partial charge in [-0.05, 0) is 62.4 Å². The maximum absolute atomic E-state index is 9.94. The van der Waals surface area contributed by atoms with E-state index in [-0.39, 0.29) is 0 Å². The summed E-state index contributed by atoms with van der Waals surface area (Å²) in [7, 11) is 2.14. The Bertz CT molecular complexity index is 436. The summed E-state index contributed by atoms with van der Waals surface area (Å²) in [6, 6.07) is 4.40. The number of rotatable bonds is 3. The lowest BCUT2D eigenvalue weighted by Crippen LogP contribution is -2.20. The molecular weight excluding hydrogens is 244 g/mol. The average molecular weight is 266 g/mol. The van der Waals surface area contributed by atoms with Crippen molar-refractivity contribution in [1.29, 1.82) is 0 Å². The van der Waals surface area contributed by atoms with Crippen LogP contribution in [0.3, 0.4) is 0 Å². The first kappa shape index (κ1) is 13.7. The van der Waals surface area contributed by atoms with Gasteiger partial charge in [0.05, 0.1) is 0 Å². The Labute approximate surface area is 113 Å². The second-order valence-corrected chi connectivity index (χ2v) is 6.02. The molecule has 0 spiro atoms. The van der Waals surface area contributed by atoms with Crippen molar-refractivity contribution in [2.45, 2.75) is 24.3 Å². The van der Waals surface area contributed by atoms with Crippen LogP contribution in [-0.2, 0) is 0 Å². The van der Waals surface area contributed by atoms with Crippen LogP contribution in [0.1, 0.15) is 23.6 Å². The second-order valence-electron chi connectivity index (χ2n) is 5.17. The number of aromatic hydroxyl groups is 1. The van der Waals surface area contributed by atoms with Crippen molar-refractivity contribution in [2.75, 3.05) is 26.4 Å². The van der Waals surface area contributed by atoms with E-state index in [0.717, 1.165) is 25.1 Å². The molecule has 1 saturated heterocycles. The van der Waals surface area contributed by atoms with Gasteiger partial charge in [0.15, 0.2) is 0 Å². The molecule has 2 unspecified atom stereocenters. The molecule has 4 heteroatoms. The van der Waals surface area contributed by atoms with Crippen molar-refractivity contribution in [1.82, 2.24) is 4.90 Å². The van der Waals surface area contributed by atoms with Crippen molar-refractivity contribution in [3.8, 4) is 5.75 Å². The van der Waals surface area contributed by atoms with Crippen molar-refractivity contribution >= 4 is 11.8 Å². The first-order valence-corrected chi connectivity index (χ1v) is 7.57. The van der Waals surface area contributed by atoms with Crippen molar-refractivity contribution in [2.24, 2.45) is 11.7 Å². The highest BCUT2D eigenvalue weighted by Gasteiger charge is 2.31. The predicted molar refractivity (Wildman–Crippen MR) is 77.2 cm³/mol. The maximum Gasteiger partial charge on any atom is 0.118 e. The standard InChI is InChI=1S/C14H22N2OS/c1-9-4-14(18-3)11(6-13(9)17)12-5-10(7-15)8-16(12)2/h4,6,10,12,17H,5,7-8,15H2,1-3H3. The van der Waals surface area contributed by atoms with Crippen molar-refractivity contribution in [3.05, 3.63) is 23.3 Å². The number of aryl methyl sites for hydroxylation is 1. The number of hydrogen-bond donors (Lipinski definition) is 2. The summed E-state index contributed by atoms with van der Waals surface area (Å²) < 4.78 is 0. The lowest BCUT2D eigenvalue weighted by Gasteiger charge is -2.22. The zero-order valence-electron chi connectivity index (χ0n) is 11.3. The molecule has 1 aliphatic heterocycles. The highest BCUT2D eigenvalue weighted by atomic mass is 32.2.